The van der Waals surface area contributed by atoms with Gasteiger partial charge in [-0.05, 0) is 46.7 Å². The van der Waals surface area contributed by atoms with Crippen LogP contribution in [0.25, 0.3) is 5.57 Å². The molecule has 1 unspecified atom stereocenters. The Kier molecular flexibility index (Phi) is 6.83. The molecule has 1 atom stereocenters. The van der Waals surface area contributed by atoms with Crippen LogP contribution < -0.4 is 10.3 Å². The zero-order valence-corrected chi connectivity index (χ0v) is 20.5. The van der Waals surface area contributed by atoms with E-state index in [-0.39, 0.29) is 11.6 Å². The summed E-state index contributed by atoms with van der Waals surface area (Å²) in [6, 6.07) is 27.9. The van der Waals surface area contributed by atoms with Gasteiger partial charge < -0.3 is 0 Å². The number of hydrogen-bond acceptors (Lipinski definition) is 3. The second-order valence-electron chi connectivity index (χ2n) is 9.48. The third kappa shape index (κ3) is 4.89. The third-order valence-electron chi connectivity index (χ3n) is 6.03. The van der Waals surface area contributed by atoms with E-state index in [1.54, 1.807) is 0 Å². The van der Waals surface area contributed by atoms with Gasteiger partial charge in [-0.25, -0.2) is 0 Å². The molecule has 34 heavy (non-hydrogen) atoms. The summed E-state index contributed by atoms with van der Waals surface area (Å²) in [4.78, 5) is 2.27. The number of para-hydroxylation sites is 1. The van der Waals surface area contributed by atoms with E-state index in [4.69, 9.17) is 5.10 Å². The lowest BCUT2D eigenvalue weighted by atomic mass is 9.86. The number of hydrazone groups is 1. The molecule has 0 amide bonds. The number of amidine groups is 1. The average Bonchev–Trinajstić information content (AvgIpc) is 3.29. The molecular formula is C31H33N3. The fourth-order valence-electron chi connectivity index (χ4n) is 4.18. The second-order valence-corrected chi connectivity index (χ2v) is 9.48. The van der Waals surface area contributed by atoms with Crippen LogP contribution in [0.2, 0.25) is 0 Å². The first kappa shape index (κ1) is 23.3. The van der Waals surface area contributed by atoms with Crippen molar-refractivity contribution in [1.82, 2.24) is 5.43 Å². The second kappa shape index (κ2) is 9.96. The van der Waals surface area contributed by atoms with Crippen molar-refractivity contribution in [3.63, 3.8) is 0 Å². The number of nitrogens with zero attached hydrogens (tertiary/aromatic N) is 2. The molecule has 0 bridgehead atoms. The largest absolute Gasteiger partial charge is 0.298 e. The van der Waals surface area contributed by atoms with E-state index in [2.05, 4.69) is 117 Å². The monoisotopic (exact) mass is 447 g/mol. The topological polar surface area (TPSA) is 27.6 Å². The highest BCUT2D eigenvalue weighted by Gasteiger charge is 2.31. The van der Waals surface area contributed by atoms with E-state index in [0.29, 0.717) is 0 Å². The molecule has 0 saturated heterocycles. The third-order valence-corrected chi connectivity index (χ3v) is 6.03. The Morgan fingerprint density at radius 3 is 2.21 bits per heavy atom. The van der Waals surface area contributed by atoms with Crippen molar-refractivity contribution in [3.05, 3.63) is 132 Å². The molecule has 3 aromatic carbocycles. The van der Waals surface area contributed by atoms with Gasteiger partial charge >= 0.3 is 0 Å². The van der Waals surface area contributed by atoms with Gasteiger partial charge in [-0.15, -0.1) is 0 Å². The molecule has 172 valence electrons. The highest BCUT2D eigenvalue weighted by molar-refractivity contribution is 6.11. The molecule has 0 radical (unpaired) electrons. The highest BCUT2D eigenvalue weighted by atomic mass is 15.5. The summed E-state index contributed by atoms with van der Waals surface area (Å²) in [5.74, 6) is 0.918. The van der Waals surface area contributed by atoms with Crippen LogP contribution in [0.3, 0.4) is 0 Å². The number of hydrogen-bond donors (Lipinski definition) is 1. The number of anilines is 1. The average molecular weight is 448 g/mol. The van der Waals surface area contributed by atoms with Crippen LogP contribution in [0, 0.1) is 0 Å². The SMILES string of the molecule is C=C/C=C(\C=C/C)c1ccc(C2NN=C(c3ccc(C(C)(C)C)cc3)N2c2ccccc2)cc1. The van der Waals surface area contributed by atoms with Crippen molar-refractivity contribution in [1.29, 1.82) is 0 Å². The maximum absolute atomic E-state index is 4.79. The van der Waals surface area contributed by atoms with Gasteiger partial charge in [0.05, 0.1) is 0 Å². The fourth-order valence-corrected chi connectivity index (χ4v) is 4.18. The van der Waals surface area contributed by atoms with E-state index in [0.717, 1.165) is 33.8 Å². The lowest BCUT2D eigenvalue weighted by molar-refractivity contribution is 0.590. The zero-order chi connectivity index (χ0) is 24.1. The van der Waals surface area contributed by atoms with Crippen LogP contribution >= 0.6 is 0 Å². The maximum Gasteiger partial charge on any atom is 0.162 e. The minimum absolute atomic E-state index is 0.0951. The van der Waals surface area contributed by atoms with E-state index in [9.17, 15) is 0 Å². The van der Waals surface area contributed by atoms with Crippen molar-refractivity contribution >= 4 is 17.1 Å². The predicted octanol–water partition coefficient (Wildman–Crippen LogP) is 7.60. The summed E-state index contributed by atoms with van der Waals surface area (Å²) in [5.41, 5.74) is 10.4. The van der Waals surface area contributed by atoms with E-state index >= 15 is 0 Å². The quantitative estimate of drug-likeness (QED) is 0.394. The van der Waals surface area contributed by atoms with E-state index in [1.165, 1.54) is 5.56 Å². The van der Waals surface area contributed by atoms with Gasteiger partial charge in [0.1, 0.15) is 6.17 Å². The molecule has 1 aliphatic heterocycles. The summed E-state index contributed by atoms with van der Waals surface area (Å²) >= 11 is 0. The van der Waals surface area contributed by atoms with Crippen molar-refractivity contribution in [2.45, 2.75) is 39.3 Å². The fraction of sp³-hybridized carbons (Fsp3) is 0.194. The predicted molar refractivity (Wildman–Crippen MR) is 146 cm³/mol. The number of nitrogens with one attached hydrogen (secondary N) is 1. The Morgan fingerprint density at radius 1 is 0.941 bits per heavy atom. The molecule has 1 aliphatic rings. The molecule has 0 aromatic heterocycles. The van der Waals surface area contributed by atoms with Crippen LogP contribution in [-0.2, 0) is 5.41 Å². The van der Waals surface area contributed by atoms with Gasteiger partial charge in [0, 0.05) is 11.3 Å². The lowest BCUT2D eigenvalue weighted by Crippen LogP contribution is -2.33. The molecule has 1 heterocycles. The Balaban J connectivity index is 1.69. The van der Waals surface area contributed by atoms with Gasteiger partial charge in [-0.3, -0.25) is 10.3 Å². The molecule has 0 saturated carbocycles. The van der Waals surface area contributed by atoms with Gasteiger partial charge in [-0.1, -0.05) is 118 Å². The molecule has 0 aliphatic carbocycles. The van der Waals surface area contributed by atoms with E-state index in [1.807, 2.05) is 31.2 Å². The highest BCUT2D eigenvalue weighted by Crippen LogP contribution is 2.33. The van der Waals surface area contributed by atoms with Crippen molar-refractivity contribution in [3.8, 4) is 0 Å². The summed E-state index contributed by atoms with van der Waals surface area (Å²) in [5, 5.41) is 4.79. The normalized spacial score (nSPS) is 16.5. The first-order valence-electron chi connectivity index (χ1n) is 11.8. The van der Waals surface area contributed by atoms with Crippen molar-refractivity contribution in [2.75, 3.05) is 4.90 Å². The molecule has 0 fully saturated rings. The van der Waals surface area contributed by atoms with Crippen LogP contribution in [0.1, 0.15) is 56.1 Å². The van der Waals surface area contributed by atoms with E-state index < -0.39 is 0 Å². The summed E-state index contributed by atoms with van der Waals surface area (Å²) in [6.45, 7) is 12.6. The molecular weight excluding hydrogens is 414 g/mol. The summed E-state index contributed by atoms with van der Waals surface area (Å²) in [7, 11) is 0. The molecule has 1 N–H and O–H groups in total. The molecule has 3 nitrogen and oxygen atoms in total. The van der Waals surface area contributed by atoms with Crippen LogP contribution in [0.4, 0.5) is 5.69 Å². The molecule has 4 rings (SSSR count). The summed E-state index contributed by atoms with van der Waals surface area (Å²) in [6.07, 6.45) is 7.90. The first-order chi connectivity index (χ1) is 16.4. The number of allylic oxidation sites excluding steroid dienone is 5. The van der Waals surface area contributed by atoms with Crippen LogP contribution in [-0.4, -0.2) is 5.84 Å². The Morgan fingerprint density at radius 2 is 1.62 bits per heavy atom. The van der Waals surface area contributed by atoms with Crippen molar-refractivity contribution < 1.29 is 0 Å². The molecule has 3 aromatic rings. The zero-order valence-electron chi connectivity index (χ0n) is 20.5. The van der Waals surface area contributed by atoms with Crippen LogP contribution in [0.15, 0.2) is 115 Å². The minimum atomic E-state index is -0.0951. The maximum atomic E-state index is 4.79. The minimum Gasteiger partial charge on any atom is -0.298 e. The van der Waals surface area contributed by atoms with Crippen LogP contribution in [0.5, 0.6) is 0 Å². The Labute approximate surface area is 203 Å². The van der Waals surface area contributed by atoms with Gasteiger partial charge in [0.2, 0.25) is 0 Å². The van der Waals surface area contributed by atoms with Gasteiger partial charge in [0.15, 0.2) is 5.84 Å². The molecule has 0 spiro atoms. The lowest BCUT2D eigenvalue weighted by Gasteiger charge is -2.28. The Bertz CT molecular complexity index is 1210. The standard InChI is InChI=1S/C31H33N3/c1-6-11-23(12-7-2)24-15-17-25(18-16-24)29-32-33-30(34(29)28-13-9-8-10-14-28)26-19-21-27(22-20-26)31(3,4)5/h6-22,29,32H,1H2,2-5H3/b12-7-,23-11+. The Hall–Kier alpha value is -3.85. The van der Waals surface area contributed by atoms with Crippen molar-refractivity contribution in [2.24, 2.45) is 5.10 Å². The summed E-state index contributed by atoms with van der Waals surface area (Å²) < 4.78 is 0. The molecule has 3 heteroatoms. The number of rotatable bonds is 6. The smallest absolute Gasteiger partial charge is 0.162 e. The number of benzene rings is 3. The van der Waals surface area contributed by atoms with Gasteiger partial charge in [0.25, 0.3) is 0 Å². The van der Waals surface area contributed by atoms with Gasteiger partial charge in [-0.2, -0.15) is 5.10 Å². The first-order valence-corrected chi connectivity index (χ1v) is 11.8.